The third-order valence-corrected chi connectivity index (χ3v) is 1.42. The van der Waals surface area contributed by atoms with E-state index in [2.05, 4.69) is 11.9 Å². The molecule has 0 aliphatic carbocycles. The quantitative estimate of drug-likeness (QED) is 0.607. The zero-order chi connectivity index (χ0) is 10.3. The topological polar surface area (TPSA) is 55.1 Å². The molecular formula is C8H14F2N2O. The number of halogens is 2. The van der Waals surface area contributed by atoms with Crippen molar-refractivity contribution in [2.75, 3.05) is 13.1 Å². The van der Waals surface area contributed by atoms with E-state index in [1.807, 2.05) is 0 Å². The van der Waals surface area contributed by atoms with Crippen molar-refractivity contribution in [3.63, 3.8) is 0 Å². The van der Waals surface area contributed by atoms with E-state index in [9.17, 15) is 13.6 Å². The summed E-state index contributed by atoms with van der Waals surface area (Å²) in [7, 11) is 0. The smallest absolute Gasteiger partial charge is 0.277 e. The zero-order valence-corrected chi connectivity index (χ0v) is 7.35. The lowest BCUT2D eigenvalue weighted by Gasteiger charge is -2.14. The predicted octanol–water partition coefficient (Wildman–Crippen LogP) is 0.663. The summed E-state index contributed by atoms with van der Waals surface area (Å²) >= 11 is 0. The van der Waals surface area contributed by atoms with Gasteiger partial charge in [-0.25, -0.2) is 8.78 Å². The van der Waals surface area contributed by atoms with Gasteiger partial charge in [0.2, 0.25) is 5.91 Å². The maximum atomic E-state index is 12.5. The van der Waals surface area contributed by atoms with Crippen molar-refractivity contribution in [3.05, 3.63) is 12.7 Å². The molecule has 5 heteroatoms. The van der Waals surface area contributed by atoms with E-state index in [4.69, 9.17) is 5.73 Å². The predicted molar refractivity (Wildman–Crippen MR) is 46.4 cm³/mol. The first-order valence-electron chi connectivity index (χ1n) is 3.97. The van der Waals surface area contributed by atoms with E-state index in [-0.39, 0.29) is 6.42 Å². The number of rotatable bonds is 6. The lowest BCUT2D eigenvalue weighted by Crippen LogP contribution is -2.41. The number of nitrogens with one attached hydrogen (secondary N) is 1. The number of nitrogens with two attached hydrogens (primary N) is 1. The molecule has 0 aromatic carbocycles. The fourth-order valence-electron chi connectivity index (χ4n) is 0.622. The van der Waals surface area contributed by atoms with Crippen LogP contribution in [0, 0.1) is 0 Å². The van der Waals surface area contributed by atoms with E-state index in [1.165, 1.54) is 0 Å². The maximum absolute atomic E-state index is 12.5. The highest BCUT2D eigenvalue weighted by molar-refractivity contribution is 5.76. The Labute approximate surface area is 76.0 Å². The summed E-state index contributed by atoms with van der Waals surface area (Å²) in [4.78, 5) is 10.8. The molecule has 0 rings (SSSR count). The van der Waals surface area contributed by atoms with Gasteiger partial charge in [-0.15, -0.1) is 6.58 Å². The Balaban J connectivity index is 3.63. The minimum absolute atomic E-state index is 0.185. The summed E-state index contributed by atoms with van der Waals surface area (Å²) in [5, 5.41) is 2.09. The van der Waals surface area contributed by atoms with Gasteiger partial charge in [-0.05, 0) is 6.42 Å². The van der Waals surface area contributed by atoms with Gasteiger partial charge in [0.05, 0.1) is 13.1 Å². The van der Waals surface area contributed by atoms with Gasteiger partial charge in [0.1, 0.15) is 0 Å². The van der Waals surface area contributed by atoms with Crippen LogP contribution in [-0.2, 0) is 4.79 Å². The summed E-state index contributed by atoms with van der Waals surface area (Å²) in [5.41, 5.74) is 4.78. The van der Waals surface area contributed by atoms with E-state index in [0.717, 1.165) is 0 Å². The Bertz CT molecular complexity index is 183. The Morgan fingerprint density at radius 2 is 2.23 bits per heavy atom. The number of alkyl halides is 2. The summed E-state index contributed by atoms with van der Waals surface area (Å²) < 4.78 is 25.0. The van der Waals surface area contributed by atoms with E-state index in [0.29, 0.717) is 6.42 Å². The molecule has 3 N–H and O–H groups in total. The van der Waals surface area contributed by atoms with Gasteiger partial charge in [-0.3, -0.25) is 4.79 Å². The maximum Gasteiger partial charge on any atom is 0.277 e. The van der Waals surface area contributed by atoms with Crippen molar-refractivity contribution in [2.45, 2.75) is 18.8 Å². The number of carbonyl (C=O) groups excluding carboxylic acids is 1. The van der Waals surface area contributed by atoms with Crippen LogP contribution in [-0.4, -0.2) is 24.9 Å². The highest BCUT2D eigenvalue weighted by Gasteiger charge is 2.26. The van der Waals surface area contributed by atoms with Crippen LogP contribution in [0.4, 0.5) is 8.78 Å². The zero-order valence-electron chi connectivity index (χ0n) is 7.35. The van der Waals surface area contributed by atoms with Crippen LogP contribution in [0.3, 0.4) is 0 Å². The second-order valence-electron chi connectivity index (χ2n) is 2.66. The summed E-state index contributed by atoms with van der Waals surface area (Å²) in [6, 6.07) is 0. The number of hydrogen-bond acceptors (Lipinski definition) is 2. The van der Waals surface area contributed by atoms with Crippen molar-refractivity contribution in [1.29, 1.82) is 0 Å². The minimum Gasteiger partial charge on any atom is -0.350 e. The van der Waals surface area contributed by atoms with Crippen LogP contribution >= 0.6 is 0 Å². The van der Waals surface area contributed by atoms with Crippen LogP contribution < -0.4 is 11.1 Å². The number of hydrogen-bond donors (Lipinski definition) is 2. The second kappa shape index (κ2) is 5.64. The van der Waals surface area contributed by atoms with Crippen molar-refractivity contribution in [3.8, 4) is 0 Å². The lowest BCUT2D eigenvalue weighted by atomic mass is 10.3. The molecule has 0 heterocycles. The molecule has 0 fully saturated rings. The van der Waals surface area contributed by atoms with Crippen LogP contribution in [0.5, 0.6) is 0 Å². The van der Waals surface area contributed by atoms with Gasteiger partial charge in [-0.1, -0.05) is 6.08 Å². The van der Waals surface area contributed by atoms with Crippen LogP contribution in [0.15, 0.2) is 12.7 Å². The molecule has 3 nitrogen and oxygen atoms in total. The molecule has 0 bridgehead atoms. The standard InChI is InChI=1S/C8H14F2N2O/c1-2-3-4-7(13)12-6-8(9,10)5-11/h2H,1,3-6,11H2,(H,12,13). The fraction of sp³-hybridized carbons (Fsp3) is 0.625. The highest BCUT2D eigenvalue weighted by atomic mass is 19.3. The van der Waals surface area contributed by atoms with Crippen molar-refractivity contribution in [2.24, 2.45) is 5.73 Å². The first-order valence-corrected chi connectivity index (χ1v) is 3.97. The van der Waals surface area contributed by atoms with E-state index >= 15 is 0 Å². The Kier molecular flexibility index (Phi) is 5.22. The Morgan fingerprint density at radius 3 is 2.69 bits per heavy atom. The molecule has 0 saturated heterocycles. The molecule has 0 aromatic heterocycles. The largest absolute Gasteiger partial charge is 0.350 e. The van der Waals surface area contributed by atoms with E-state index in [1.54, 1.807) is 6.08 Å². The average Bonchev–Trinajstić information content (AvgIpc) is 2.11. The molecule has 0 atom stereocenters. The molecule has 0 saturated carbocycles. The van der Waals surface area contributed by atoms with Crippen LogP contribution in [0.25, 0.3) is 0 Å². The first kappa shape index (κ1) is 12.0. The van der Waals surface area contributed by atoms with Gasteiger partial charge in [0.25, 0.3) is 5.92 Å². The first-order chi connectivity index (χ1) is 6.02. The summed E-state index contributed by atoms with van der Waals surface area (Å²) in [5.74, 6) is -3.42. The summed E-state index contributed by atoms with van der Waals surface area (Å²) in [6.07, 6.45) is 2.23. The van der Waals surface area contributed by atoms with Crippen LogP contribution in [0.1, 0.15) is 12.8 Å². The molecule has 0 aromatic rings. The van der Waals surface area contributed by atoms with Crippen molar-refractivity contribution < 1.29 is 13.6 Å². The normalized spacial score (nSPS) is 11.0. The molecule has 76 valence electrons. The van der Waals surface area contributed by atoms with Gasteiger partial charge >= 0.3 is 0 Å². The minimum atomic E-state index is -3.01. The Hall–Kier alpha value is -0.970. The lowest BCUT2D eigenvalue weighted by molar-refractivity contribution is -0.122. The third kappa shape index (κ3) is 6.21. The van der Waals surface area contributed by atoms with E-state index < -0.39 is 24.9 Å². The SMILES string of the molecule is C=CCCC(=O)NCC(F)(F)CN. The van der Waals surface area contributed by atoms with Crippen LogP contribution in [0.2, 0.25) is 0 Å². The molecule has 0 aliphatic rings. The molecule has 0 radical (unpaired) electrons. The molecule has 1 amide bonds. The number of carbonyl (C=O) groups is 1. The third-order valence-electron chi connectivity index (χ3n) is 1.42. The second-order valence-corrected chi connectivity index (χ2v) is 2.66. The van der Waals surface area contributed by atoms with Gasteiger partial charge in [0.15, 0.2) is 0 Å². The van der Waals surface area contributed by atoms with Gasteiger partial charge in [0, 0.05) is 6.42 Å². The Morgan fingerprint density at radius 1 is 1.62 bits per heavy atom. The van der Waals surface area contributed by atoms with Crippen molar-refractivity contribution in [1.82, 2.24) is 5.32 Å². The molecular weight excluding hydrogens is 178 g/mol. The highest BCUT2D eigenvalue weighted by Crippen LogP contribution is 2.08. The monoisotopic (exact) mass is 192 g/mol. The number of amides is 1. The fourth-order valence-corrected chi connectivity index (χ4v) is 0.622. The molecule has 0 spiro atoms. The van der Waals surface area contributed by atoms with Gasteiger partial charge in [-0.2, -0.15) is 0 Å². The van der Waals surface area contributed by atoms with Crippen molar-refractivity contribution >= 4 is 5.91 Å². The summed E-state index contributed by atoms with van der Waals surface area (Å²) in [6.45, 7) is 1.96. The molecule has 13 heavy (non-hydrogen) atoms. The van der Waals surface area contributed by atoms with Gasteiger partial charge < -0.3 is 11.1 Å². The average molecular weight is 192 g/mol. The molecule has 0 aliphatic heterocycles. The molecule has 0 unspecified atom stereocenters. The number of allylic oxidation sites excluding steroid dienone is 1.